The topological polar surface area (TPSA) is 114 Å². The summed E-state index contributed by atoms with van der Waals surface area (Å²) in [4.78, 5) is 51.4. The highest BCUT2D eigenvalue weighted by atomic mass is 32.2. The summed E-state index contributed by atoms with van der Waals surface area (Å²) in [5.74, 6) is -4.19. The van der Waals surface area contributed by atoms with Crippen LogP contribution in [0.15, 0.2) is 35.2 Å². The molecule has 0 N–H and O–H groups in total. The Hall–Kier alpha value is -2.59. The number of carbonyl (C=O) groups is 4. The monoisotopic (exact) mass is 510 g/mol. The minimum atomic E-state index is -1.41. The molecule has 0 unspecified atom stereocenters. The first kappa shape index (κ1) is 28.6. The van der Waals surface area contributed by atoms with Gasteiger partial charge in [-0.2, -0.15) is 0 Å². The Bertz CT molecular complexity index is 884. The van der Waals surface area contributed by atoms with E-state index < -0.39 is 71.5 Å². The molecule has 0 radical (unpaired) electrons. The van der Waals surface area contributed by atoms with Crippen LogP contribution < -0.4 is 0 Å². The van der Waals surface area contributed by atoms with Gasteiger partial charge < -0.3 is 23.7 Å². The van der Waals surface area contributed by atoms with Crippen molar-refractivity contribution in [3.63, 3.8) is 0 Å². The minimum absolute atomic E-state index is 0.492. The summed E-state index contributed by atoms with van der Waals surface area (Å²) in [6.45, 7) is 9.85. The number of hydrogen-bond acceptors (Lipinski definition) is 10. The molecule has 0 amide bonds. The van der Waals surface area contributed by atoms with Crippen LogP contribution >= 0.6 is 11.8 Å². The average molecular weight is 511 g/mol. The van der Waals surface area contributed by atoms with Gasteiger partial charge in [-0.1, -0.05) is 71.5 Å². The van der Waals surface area contributed by atoms with E-state index in [1.165, 1.54) is 18.9 Å². The van der Waals surface area contributed by atoms with Crippen molar-refractivity contribution < 1.29 is 42.9 Å². The largest absolute Gasteiger partial charge is 0.467 e. The number of carbonyl (C=O) groups excluding carboxylic acids is 4. The summed E-state index contributed by atoms with van der Waals surface area (Å²) in [6.07, 6.45) is -5.29. The van der Waals surface area contributed by atoms with Crippen molar-refractivity contribution in [2.75, 3.05) is 7.11 Å². The normalized spacial score (nSPS) is 24.2. The fourth-order valence-corrected chi connectivity index (χ4v) is 4.15. The summed E-state index contributed by atoms with van der Waals surface area (Å²) in [7, 11) is 1.17. The maximum Gasteiger partial charge on any atom is 0.339 e. The fourth-order valence-electron chi connectivity index (χ4n) is 3.04. The number of hydrogen-bond donors (Lipinski definition) is 0. The van der Waals surface area contributed by atoms with Gasteiger partial charge in [0.15, 0.2) is 24.4 Å². The van der Waals surface area contributed by atoms with Crippen molar-refractivity contribution in [1.29, 1.82) is 0 Å². The van der Waals surface area contributed by atoms with Gasteiger partial charge in [-0.05, 0) is 12.1 Å². The highest BCUT2D eigenvalue weighted by Crippen LogP contribution is 2.38. The van der Waals surface area contributed by atoms with Crippen LogP contribution in [0.1, 0.15) is 41.5 Å². The number of ether oxygens (including phenoxy) is 5. The van der Waals surface area contributed by atoms with E-state index in [-0.39, 0.29) is 0 Å². The van der Waals surface area contributed by atoms with E-state index in [0.29, 0.717) is 0 Å². The maximum atomic E-state index is 12.7. The first-order valence-electron chi connectivity index (χ1n) is 11.5. The molecule has 1 aliphatic rings. The molecule has 0 saturated carbocycles. The van der Waals surface area contributed by atoms with E-state index in [4.69, 9.17) is 23.7 Å². The van der Waals surface area contributed by atoms with Crippen LogP contribution in [0.2, 0.25) is 0 Å². The highest BCUT2D eigenvalue weighted by molar-refractivity contribution is 7.99. The molecule has 2 rings (SSSR count). The number of thioether (sulfide) groups is 1. The van der Waals surface area contributed by atoms with Gasteiger partial charge in [0.05, 0.1) is 24.9 Å². The molecule has 1 aromatic carbocycles. The summed E-state index contributed by atoms with van der Waals surface area (Å²) < 4.78 is 28.1. The van der Waals surface area contributed by atoms with Gasteiger partial charge in [-0.15, -0.1) is 0 Å². The van der Waals surface area contributed by atoms with Crippen molar-refractivity contribution in [2.45, 2.75) is 76.3 Å². The molecule has 35 heavy (non-hydrogen) atoms. The Labute approximate surface area is 210 Å². The predicted octanol–water partition coefficient (Wildman–Crippen LogP) is 3.38. The van der Waals surface area contributed by atoms with Crippen molar-refractivity contribution >= 4 is 35.6 Å². The number of esters is 4. The Kier molecular flexibility index (Phi) is 10.6. The third kappa shape index (κ3) is 7.70. The van der Waals surface area contributed by atoms with Crippen LogP contribution in [-0.2, 0) is 42.9 Å². The van der Waals surface area contributed by atoms with E-state index in [2.05, 4.69) is 0 Å². The number of methoxy groups -OCH3 is 1. The quantitative estimate of drug-likeness (QED) is 0.362. The Morgan fingerprint density at radius 3 is 1.66 bits per heavy atom. The molecule has 1 saturated heterocycles. The van der Waals surface area contributed by atoms with E-state index in [1.54, 1.807) is 41.5 Å². The smallest absolute Gasteiger partial charge is 0.339 e. The molecule has 5 atom stereocenters. The molecule has 0 aromatic heterocycles. The van der Waals surface area contributed by atoms with Gasteiger partial charge in [0, 0.05) is 4.90 Å². The standard InChI is InChI=1S/C25H34O9S/c1-13(2)21(26)31-17-18(32-22(27)14(3)4)20(33-23(28)15(5)6)25(34-19(17)24(29)30-7)35-16-11-9-8-10-12-16/h8-15,17-20,25H,1-7H3/t17-,18-,19-,20+,25-/m0/s1. The molecule has 0 aliphatic carbocycles. The lowest BCUT2D eigenvalue weighted by atomic mass is 9.98. The van der Waals surface area contributed by atoms with Gasteiger partial charge >= 0.3 is 23.9 Å². The summed E-state index contributed by atoms with van der Waals surface area (Å²) in [6, 6.07) is 9.13. The molecule has 0 spiro atoms. The zero-order valence-corrected chi connectivity index (χ0v) is 21.9. The van der Waals surface area contributed by atoms with Crippen LogP contribution in [0.3, 0.4) is 0 Å². The second-order valence-electron chi connectivity index (χ2n) is 9.05. The summed E-state index contributed by atoms with van der Waals surface area (Å²) >= 11 is 1.19. The zero-order chi connectivity index (χ0) is 26.3. The molecule has 1 fully saturated rings. The molecule has 1 aromatic rings. The summed E-state index contributed by atoms with van der Waals surface area (Å²) in [5.41, 5.74) is -0.969. The minimum Gasteiger partial charge on any atom is -0.467 e. The van der Waals surface area contributed by atoms with Gasteiger partial charge in [0.25, 0.3) is 0 Å². The fraction of sp³-hybridized carbons (Fsp3) is 0.600. The molecule has 194 valence electrons. The SMILES string of the molecule is COC(=O)[C@H]1O[C@@H](Sc2ccccc2)[C@H](OC(=O)C(C)C)[C@@H](OC(=O)C(C)C)[C@@H]1OC(=O)C(C)C. The number of rotatable bonds is 9. The third-order valence-corrected chi connectivity index (χ3v) is 6.25. The summed E-state index contributed by atoms with van der Waals surface area (Å²) in [5, 5.41) is 0. The Balaban J connectivity index is 2.58. The van der Waals surface area contributed by atoms with E-state index in [1.807, 2.05) is 30.3 Å². The van der Waals surface area contributed by atoms with Crippen LogP contribution in [0, 0.1) is 17.8 Å². The van der Waals surface area contributed by atoms with Gasteiger partial charge in [0.1, 0.15) is 5.44 Å². The van der Waals surface area contributed by atoms with Gasteiger partial charge in [-0.25, -0.2) is 4.79 Å². The molecule has 9 nitrogen and oxygen atoms in total. The first-order valence-corrected chi connectivity index (χ1v) is 12.4. The molecular formula is C25H34O9S. The molecular weight excluding hydrogens is 476 g/mol. The predicted molar refractivity (Wildman–Crippen MR) is 127 cm³/mol. The lowest BCUT2D eigenvalue weighted by Gasteiger charge is -2.44. The van der Waals surface area contributed by atoms with E-state index in [9.17, 15) is 19.2 Å². The van der Waals surface area contributed by atoms with Crippen molar-refractivity contribution in [3.8, 4) is 0 Å². The molecule has 1 heterocycles. The lowest BCUT2D eigenvalue weighted by Crippen LogP contribution is -2.63. The van der Waals surface area contributed by atoms with E-state index in [0.717, 1.165) is 4.90 Å². The van der Waals surface area contributed by atoms with Gasteiger partial charge in [-0.3, -0.25) is 14.4 Å². The average Bonchev–Trinajstić information content (AvgIpc) is 2.81. The molecule has 1 aliphatic heterocycles. The third-order valence-electron chi connectivity index (χ3n) is 5.09. The second kappa shape index (κ2) is 12.9. The molecule has 0 bridgehead atoms. The Morgan fingerprint density at radius 2 is 1.20 bits per heavy atom. The van der Waals surface area contributed by atoms with Crippen LogP contribution in [-0.4, -0.2) is 60.8 Å². The molecule has 10 heteroatoms. The maximum absolute atomic E-state index is 12.7. The first-order chi connectivity index (χ1) is 16.5. The Morgan fingerprint density at radius 1 is 0.743 bits per heavy atom. The highest BCUT2D eigenvalue weighted by Gasteiger charge is 2.55. The van der Waals surface area contributed by atoms with Crippen LogP contribution in [0.25, 0.3) is 0 Å². The lowest BCUT2D eigenvalue weighted by molar-refractivity contribution is -0.239. The van der Waals surface area contributed by atoms with Crippen molar-refractivity contribution in [1.82, 2.24) is 0 Å². The second-order valence-corrected chi connectivity index (χ2v) is 10.2. The number of benzene rings is 1. The van der Waals surface area contributed by atoms with E-state index >= 15 is 0 Å². The van der Waals surface area contributed by atoms with Gasteiger partial charge in [0.2, 0.25) is 0 Å². The van der Waals surface area contributed by atoms with Crippen molar-refractivity contribution in [2.24, 2.45) is 17.8 Å². The zero-order valence-electron chi connectivity index (χ0n) is 21.1. The van der Waals surface area contributed by atoms with Crippen molar-refractivity contribution in [3.05, 3.63) is 30.3 Å². The van der Waals surface area contributed by atoms with Crippen LogP contribution in [0.4, 0.5) is 0 Å². The van der Waals surface area contributed by atoms with Crippen LogP contribution in [0.5, 0.6) is 0 Å².